The molecule has 27 heavy (non-hydrogen) atoms. The van der Waals surface area contributed by atoms with E-state index in [0.29, 0.717) is 19.7 Å². The van der Waals surface area contributed by atoms with Crippen LogP contribution in [0.2, 0.25) is 0 Å². The number of benzene rings is 2. The van der Waals surface area contributed by atoms with Crippen LogP contribution in [-0.4, -0.2) is 29.4 Å². The first kappa shape index (κ1) is 18.6. The molecule has 138 valence electrons. The Morgan fingerprint density at radius 3 is 2.44 bits per heavy atom. The molecule has 0 aliphatic carbocycles. The van der Waals surface area contributed by atoms with Crippen molar-refractivity contribution >= 4 is 11.6 Å². The lowest BCUT2D eigenvalue weighted by molar-refractivity contribution is -0.117. The van der Waals surface area contributed by atoms with Crippen LogP contribution < -0.4 is 10.1 Å². The molecule has 0 saturated heterocycles. The second-order valence-corrected chi connectivity index (χ2v) is 6.34. The molecule has 5 nitrogen and oxygen atoms in total. The first-order valence-corrected chi connectivity index (χ1v) is 8.84. The number of nitrogens with zero attached hydrogens (tertiary/aromatic N) is 2. The molecule has 3 rings (SSSR count). The number of hydrogen-bond acceptors (Lipinski definition) is 4. The summed E-state index contributed by atoms with van der Waals surface area (Å²) in [5, 5.41) is 2.89. The third-order valence-electron chi connectivity index (χ3n) is 3.96. The lowest BCUT2D eigenvalue weighted by Crippen LogP contribution is -2.29. The number of aromatic nitrogens is 1. The maximum absolute atomic E-state index is 12.1. The standard InChI is InChI=1S/C22H23N3O2/c1-25(16-22(26)24-19-7-3-2-4-8-19)15-18-10-12-21(13-11-18)27-17-20-9-5-6-14-23-20/h2-14H,15-17H2,1H3,(H,24,26). The van der Waals surface area contributed by atoms with E-state index in [-0.39, 0.29) is 5.91 Å². The molecule has 0 aliphatic rings. The Bertz CT molecular complexity index is 836. The van der Waals surface area contributed by atoms with Crippen LogP contribution in [0.15, 0.2) is 79.0 Å². The van der Waals surface area contributed by atoms with Crippen LogP contribution in [0.25, 0.3) is 0 Å². The molecule has 0 fully saturated rings. The number of rotatable bonds is 8. The van der Waals surface area contributed by atoms with Gasteiger partial charge in [-0.2, -0.15) is 0 Å². The van der Waals surface area contributed by atoms with Gasteiger partial charge in [0.1, 0.15) is 12.4 Å². The van der Waals surface area contributed by atoms with Gasteiger partial charge in [-0.1, -0.05) is 36.4 Å². The Balaban J connectivity index is 1.45. The molecule has 0 aliphatic heterocycles. The van der Waals surface area contributed by atoms with Gasteiger partial charge in [0.25, 0.3) is 0 Å². The normalized spacial score (nSPS) is 10.6. The van der Waals surface area contributed by atoms with Gasteiger partial charge >= 0.3 is 0 Å². The van der Waals surface area contributed by atoms with Crippen molar-refractivity contribution < 1.29 is 9.53 Å². The number of anilines is 1. The highest BCUT2D eigenvalue weighted by atomic mass is 16.5. The van der Waals surface area contributed by atoms with E-state index in [1.807, 2.05) is 84.7 Å². The average molecular weight is 361 g/mol. The largest absolute Gasteiger partial charge is 0.487 e. The monoisotopic (exact) mass is 361 g/mol. The van der Waals surface area contributed by atoms with E-state index in [1.165, 1.54) is 0 Å². The zero-order valence-corrected chi connectivity index (χ0v) is 15.3. The minimum absolute atomic E-state index is 0.0287. The lowest BCUT2D eigenvalue weighted by atomic mass is 10.2. The SMILES string of the molecule is CN(CC(=O)Nc1ccccc1)Cc1ccc(OCc2ccccn2)cc1. The maximum Gasteiger partial charge on any atom is 0.238 e. The number of carbonyl (C=O) groups is 1. The van der Waals surface area contributed by atoms with Gasteiger partial charge in [0.15, 0.2) is 0 Å². The summed E-state index contributed by atoms with van der Waals surface area (Å²) in [6, 6.07) is 23.1. The van der Waals surface area contributed by atoms with Crippen molar-refractivity contribution in [2.45, 2.75) is 13.2 Å². The van der Waals surface area contributed by atoms with Gasteiger partial charge in [0.05, 0.1) is 12.2 Å². The third kappa shape index (κ3) is 6.24. The van der Waals surface area contributed by atoms with Crippen LogP contribution in [0.3, 0.4) is 0 Å². The van der Waals surface area contributed by atoms with E-state index in [4.69, 9.17) is 4.74 Å². The summed E-state index contributed by atoms with van der Waals surface area (Å²) in [4.78, 5) is 18.3. The Hall–Kier alpha value is -3.18. The summed E-state index contributed by atoms with van der Waals surface area (Å²) in [6.07, 6.45) is 1.76. The number of pyridine rings is 1. The molecule has 1 N–H and O–H groups in total. The van der Waals surface area contributed by atoms with Crippen molar-refractivity contribution in [2.24, 2.45) is 0 Å². The molecule has 0 radical (unpaired) electrons. The molecule has 0 atom stereocenters. The van der Waals surface area contributed by atoms with Crippen LogP contribution in [0, 0.1) is 0 Å². The van der Waals surface area contributed by atoms with Crippen LogP contribution in [0.1, 0.15) is 11.3 Å². The van der Waals surface area contributed by atoms with Crippen molar-refractivity contribution in [3.8, 4) is 5.75 Å². The molecular formula is C22H23N3O2. The lowest BCUT2D eigenvalue weighted by Gasteiger charge is -2.16. The average Bonchev–Trinajstić information content (AvgIpc) is 2.69. The Labute approximate surface area is 159 Å². The van der Waals surface area contributed by atoms with E-state index in [9.17, 15) is 4.79 Å². The molecule has 1 amide bonds. The summed E-state index contributed by atoms with van der Waals surface area (Å²) in [5.74, 6) is 0.771. The number of ether oxygens (including phenoxy) is 1. The maximum atomic E-state index is 12.1. The number of likely N-dealkylation sites (N-methyl/N-ethyl adjacent to an activating group) is 1. The summed E-state index contributed by atoms with van der Waals surface area (Å²) >= 11 is 0. The fraction of sp³-hybridized carbons (Fsp3) is 0.182. The molecule has 1 aromatic heterocycles. The molecule has 1 heterocycles. The minimum Gasteiger partial charge on any atom is -0.487 e. The van der Waals surface area contributed by atoms with Crippen LogP contribution in [-0.2, 0) is 17.9 Å². The van der Waals surface area contributed by atoms with E-state index in [1.54, 1.807) is 6.20 Å². The number of para-hydroxylation sites is 1. The summed E-state index contributed by atoms with van der Waals surface area (Å²) in [5.41, 5.74) is 2.83. The minimum atomic E-state index is -0.0287. The predicted molar refractivity (Wildman–Crippen MR) is 106 cm³/mol. The Morgan fingerprint density at radius 2 is 1.74 bits per heavy atom. The molecular weight excluding hydrogens is 338 g/mol. The summed E-state index contributed by atoms with van der Waals surface area (Å²) in [7, 11) is 1.93. The molecule has 3 aromatic rings. The van der Waals surface area contributed by atoms with Gasteiger partial charge in [-0.05, 0) is 49.0 Å². The predicted octanol–water partition coefficient (Wildman–Crippen LogP) is 3.73. The second kappa shape index (κ2) is 9.50. The first-order chi connectivity index (χ1) is 13.2. The number of hydrogen-bond donors (Lipinski definition) is 1. The topological polar surface area (TPSA) is 54.5 Å². The summed E-state index contributed by atoms with van der Waals surface area (Å²) < 4.78 is 5.74. The van der Waals surface area contributed by atoms with Crippen molar-refractivity contribution in [3.63, 3.8) is 0 Å². The van der Waals surface area contributed by atoms with Gasteiger partial charge in [-0.3, -0.25) is 14.7 Å². The molecule has 0 spiro atoms. The van der Waals surface area contributed by atoms with Gasteiger partial charge in [0, 0.05) is 18.4 Å². The molecule has 0 unspecified atom stereocenters. The highest BCUT2D eigenvalue weighted by Gasteiger charge is 2.08. The van der Waals surface area contributed by atoms with E-state index >= 15 is 0 Å². The fourth-order valence-corrected chi connectivity index (χ4v) is 2.67. The zero-order valence-electron chi connectivity index (χ0n) is 15.3. The van der Waals surface area contributed by atoms with Crippen LogP contribution >= 0.6 is 0 Å². The highest BCUT2D eigenvalue weighted by molar-refractivity contribution is 5.92. The highest BCUT2D eigenvalue weighted by Crippen LogP contribution is 2.15. The van der Waals surface area contributed by atoms with E-state index < -0.39 is 0 Å². The van der Waals surface area contributed by atoms with Crippen molar-refractivity contribution in [1.82, 2.24) is 9.88 Å². The first-order valence-electron chi connectivity index (χ1n) is 8.84. The summed E-state index contributed by atoms with van der Waals surface area (Å²) in [6.45, 7) is 1.45. The second-order valence-electron chi connectivity index (χ2n) is 6.34. The van der Waals surface area contributed by atoms with Crippen molar-refractivity contribution in [1.29, 1.82) is 0 Å². The number of nitrogens with one attached hydrogen (secondary N) is 1. The zero-order chi connectivity index (χ0) is 18.9. The molecule has 0 bridgehead atoms. The van der Waals surface area contributed by atoms with Crippen LogP contribution in [0.5, 0.6) is 5.75 Å². The molecule has 0 saturated carbocycles. The Morgan fingerprint density at radius 1 is 1.00 bits per heavy atom. The van der Waals surface area contributed by atoms with Gasteiger partial charge in [0.2, 0.25) is 5.91 Å². The smallest absolute Gasteiger partial charge is 0.238 e. The van der Waals surface area contributed by atoms with Gasteiger partial charge < -0.3 is 10.1 Å². The third-order valence-corrected chi connectivity index (χ3v) is 3.96. The van der Waals surface area contributed by atoms with Crippen molar-refractivity contribution in [2.75, 3.05) is 18.9 Å². The molecule has 5 heteroatoms. The number of amides is 1. The fourth-order valence-electron chi connectivity index (χ4n) is 2.67. The van der Waals surface area contributed by atoms with Gasteiger partial charge in [-0.25, -0.2) is 0 Å². The quantitative estimate of drug-likeness (QED) is 0.664. The molecule has 2 aromatic carbocycles. The van der Waals surface area contributed by atoms with E-state index in [2.05, 4.69) is 10.3 Å². The van der Waals surface area contributed by atoms with Gasteiger partial charge in [-0.15, -0.1) is 0 Å². The van der Waals surface area contributed by atoms with Crippen molar-refractivity contribution in [3.05, 3.63) is 90.3 Å². The van der Waals surface area contributed by atoms with E-state index in [0.717, 1.165) is 22.7 Å². The Kier molecular flexibility index (Phi) is 6.55. The number of carbonyl (C=O) groups excluding carboxylic acids is 1. The van der Waals surface area contributed by atoms with Crippen LogP contribution in [0.4, 0.5) is 5.69 Å².